The van der Waals surface area contributed by atoms with Gasteiger partial charge in [0.05, 0.1) is 12.6 Å². The average Bonchev–Trinajstić information content (AvgIpc) is 3.24. The lowest BCUT2D eigenvalue weighted by atomic mass is 10.1. The number of carbonyl (C=O) groups excluding carboxylic acids is 1. The van der Waals surface area contributed by atoms with Crippen molar-refractivity contribution < 1.29 is 14.3 Å². The monoisotopic (exact) mass is 270 g/mol. The van der Waals surface area contributed by atoms with Gasteiger partial charge in [-0.1, -0.05) is 0 Å². The van der Waals surface area contributed by atoms with Crippen LogP contribution < -0.4 is 10.6 Å². The molecule has 0 spiro atoms. The van der Waals surface area contributed by atoms with Gasteiger partial charge in [-0.2, -0.15) is 0 Å². The zero-order chi connectivity index (χ0) is 13.3. The Morgan fingerprint density at radius 3 is 2.74 bits per heavy atom. The Kier molecular flexibility index (Phi) is 6.61. The summed E-state index contributed by atoms with van der Waals surface area (Å²) < 4.78 is 11.0. The van der Waals surface area contributed by atoms with Crippen LogP contribution >= 0.6 is 0 Å². The van der Waals surface area contributed by atoms with E-state index in [1.54, 1.807) is 0 Å². The van der Waals surface area contributed by atoms with Crippen LogP contribution in [-0.2, 0) is 14.3 Å². The fourth-order valence-corrected chi connectivity index (χ4v) is 2.17. The largest absolute Gasteiger partial charge is 0.381 e. The summed E-state index contributed by atoms with van der Waals surface area (Å²) in [6.45, 7) is 4.48. The summed E-state index contributed by atoms with van der Waals surface area (Å²) in [5.74, 6) is 0.910. The van der Waals surface area contributed by atoms with Crippen molar-refractivity contribution >= 4 is 5.91 Å². The molecule has 110 valence electrons. The highest BCUT2D eigenvalue weighted by Gasteiger charge is 2.20. The smallest absolute Gasteiger partial charge is 0.233 e. The molecule has 1 aliphatic heterocycles. The van der Waals surface area contributed by atoms with Crippen LogP contribution in [0.25, 0.3) is 0 Å². The third-order valence-corrected chi connectivity index (χ3v) is 3.58. The number of amides is 1. The third kappa shape index (κ3) is 6.89. The minimum atomic E-state index is 0.0896. The lowest BCUT2D eigenvalue weighted by Gasteiger charge is -2.22. The molecular weight excluding hydrogens is 244 g/mol. The highest BCUT2D eigenvalue weighted by Crippen LogP contribution is 2.27. The second-order valence-electron chi connectivity index (χ2n) is 5.46. The lowest BCUT2D eigenvalue weighted by Crippen LogP contribution is -2.35. The van der Waals surface area contributed by atoms with E-state index < -0.39 is 0 Å². The Labute approximate surface area is 115 Å². The van der Waals surface area contributed by atoms with Crippen LogP contribution in [0, 0.1) is 5.92 Å². The van der Waals surface area contributed by atoms with Crippen LogP contribution in [0.5, 0.6) is 0 Å². The summed E-state index contributed by atoms with van der Waals surface area (Å²) in [6.07, 6.45) is 5.86. The molecule has 0 bridgehead atoms. The van der Waals surface area contributed by atoms with Gasteiger partial charge in [-0.15, -0.1) is 0 Å². The summed E-state index contributed by atoms with van der Waals surface area (Å²) in [5.41, 5.74) is 0. The molecule has 0 aromatic heterocycles. The number of hydrogen-bond donors (Lipinski definition) is 2. The van der Waals surface area contributed by atoms with Crippen molar-refractivity contribution in [2.75, 3.05) is 39.5 Å². The second kappa shape index (κ2) is 8.51. The van der Waals surface area contributed by atoms with Crippen LogP contribution in [0.4, 0.5) is 0 Å². The zero-order valence-corrected chi connectivity index (χ0v) is 11.7. The average molecular weight is 270 g/mol. The van der Waals surface area contributed by atoms with E-state index in [0.29, 0.717) is 19.2 Å². The van der Waals surface area contributed by atoms with Gasteiger partial charge in [0.15, 0.2) is 0 Å². The van der Waals surface area contributed by atoms with Gasteiger partial charge in [0.2, 0.25) is 5.91 Å². The molecule has 1 saturated carbocycles. The molecule has 1 heterocycles. The number of carbonyl (C=O) groups is 1. The number of rotatable bonds is 9. The zero-order valence-electron chi connectivity index (χ0n) is 11.7. The van der Waals surface area contributed by atoms with Gasteiger partial charge >= 0.3 is 0 Å². The second-order valence-corrected chi connectivity index (χ2v) is 5.46. The first-order chi connectivity index (χ1) is 9.34. The van der Waals surface area contributed by atoms with Gasteiger partial charge < -0.3 is 20.1 Å². The predicted octanol–water partition coefficient (Wildman–Crippen LogP) is 0.688. The van der Waals surface area contributed by atoms with Crippen LogP contribution in [0.15, 0.2) is 0 Å². The van der Waals surface area contributed by atoms with E-state index in [9.17, 15) is 4.79 Å². The molecule has 2 fully saturated rings. The van der Waals surface area contributed by atoms with E-state index in [1.807, 2.05) is 0 Å². The Hall–Kier alpha value is -0.650. The quantitative estimate of drug-likeness (QED) is 0.605. The Morgan fingerprint density at radius 2 is 2.00 bits per heavy atom. The standard InChI is InChI=1S/C14H26N2O3/c17-14(11-15-10-12-2-3-12)16-6-1-7-19-13-4-8-18-9-5-13/h12-13,15H,1-11H2,(H,16,17). The number of ether oxygens (including phenoxy) is 2. The lowest BCUT2D eigenvalue weighted by molar-refractivity contribution is -0.120. The molecule has 0 aromatic rings. The first-order valence-electron chi connectivity index (χ1n) is 7.51. The summed E-state index contributed by atoms with van der Waals surface area (Å²) in [5, 5.41) is 6.09. The van der Waals surface area contributed by atoms with E-state index in [0.717, 1.165) is 51.5 Å². The fraction of sp³-hybridized carbons (Fsp3) is 0.929. The Balaban J connectivity index is 1.37. The van der Waals surface area contributed by atoms with Crippen LogP contribution in [0.1, 0.15) is 32.1 Å². The minimum absolute atomic E-state index is 0.0896. The van der Waals surface area contributed by atoms with Crippen LogP contribution in [0.3, 0.4) is 0 Å². The molecule has 5 nitrogen and oxygen atoms in total. The van der Waals surface area contributed by atoms with E-state index in [-0.39, 0.29) is 5.91 Å². The molecule has 2 rings (SSSR count). The van der Waals surface area contributed by atoms with Gasteiger partial charge in [-0.25, -0.2) is 0 Å². The van der Waals surface area contributed by atoms with Crippen molar-refractivity contribution in [3.63, 3.8) is 0 Å². The highest BCUT2D eigenvalue weighted by molar-refractivity contribution is 5.77. The molecule has 1 aliphatic carbocycles. The minimum Gasteiger partial charge on any atom is -0.381 e. The van der Waals surface area contributed by atoms with E-state index >= 15 is 0 Å². The molecule has 5 heteroatoms. The molecule has 1 saturated heterocycles. The summed E-state index contributed by atoms with van der Waals surface area (Å²) in [4.78, 5) is 11.5. The molecule has 0 radical (unpaired) electrons. The van der Waals surface area contributed by atoms with Gasteiger partial charge in [-0.3, -0.25) is 4.79 Å². The molecule has 19 heavy (non-hydrogen) atoms. The van der Waals surface area contributed by atoms with Crippen molar-refractivity contribution in [3.8, 4) is 0 Å². The van der Waals surface area contributed by atoms with E-state index in [4.69, 9.17) is 9.47 Å². The van der Waals surface area contributed by atoms with Crippen LogP contribution in [0.2, 0.25) is 0 Å². The molecular formula is C14H26N2O3. The van der Waals surface area contributed by atoms with Crippen molar-refractivity contribution in [1.29, 1.82) is 0 Å². The maximum absolute atomic E-state index is 11.5. The first kappa shape index (κ1) is 14.8. The van der Waals surface area contributed by atoms with Crippen molar-refractivity contribution in [2.24, 2.45) is 5.92 Å². The van der Waals surface area contributed by atoms with Gasteiger partial charge in [-0.05, 0) is 44.6 Å². The van der Waals surface area contributed by atoms with Crippen LogP contribution in [-0.4, -0.2) is 51.5 Å². The van der Waals surface area contributed by atoms with Gasteiger partial charge in [0, 0.05) is 26.4 Å². The maximum Gasteiger partial charge on any atom is 0.233 e. The molecule has 0 atom stereocenters. The van der Waals surface area contributed by atoms with Gasteiger partial charge in [0.25, 0.3) is 0 Å². The summed E-state index contributed by atoms with van der Waals surface area (Å²) in [6, 6.07) is 0. The summed E-state index contributed by atoms with van der Waals surface area (Å²) in [7, 11) is 0. The van der Waals surface area contributed by atoms with E-state index in [2.05, 4.69) is 10.6 Å². The number of hydrogen-bond acceptors (Lipinski definition) is 4. The molecule has 1 amide bonds. The van der Waals surface area contributed by atoms with Crippen molar-refractivity contribution in [2.45, 2.75) is 38.2 Å². The topological polar surface area (TPSA) is 59.6 Å². The SMILES string of the molecule is O=C(CNCC1CC1)NCCCOC1CCOCC1. The molecule has 0 unspecified atom stereocenters. The molecule has 2 aliphatic rings. The van der Waals surface area contributed by atoms with Crippen molar-refractivity contribution in [1.82, 2.24) is 10.6 Å². The predicted molar refractivity (Wildman–Crippen MR) is 73.0 cm³/mol. The van der Waals surface area contributed by atoms with Crippen molar-refractivity contribution in [3.05, 3.63) is 0 Å². The Morgan fingerprint density at radius 1 is 1.21 bits per heavy atom. The fourth-order valence-electron chi connectivity index (χ4n) is 2.17. The summed E-state index contributed by atoms with van der Waals surface area (Å²) >= 11 is 0. The Bertz CT molecular complexity index is 263. The maximum atomic E-state index is 11.5. The number of nitrogens with one attached hydrogen (secondary N) is 2. The third-order valence-electron chi connectivity index (χ3n) is 3.58. The normalized spacial score (nSPS) is 20.4. The molecule has 2 N–H and O–H groups in total. The van der Waals surface area contributed by atoms with Gasteiger partial charge in [0.1, 0.15) is 0 Å². The highest BCUT2D eigenvalue weighted by atomic mass is 16.5. The van der Waals surface area contributed by atoms with E-state index in [1.165, 1.54) is 12.8 Å². The first-order valence-corrected chi connectivity index (χ1v) is 7.51. The molecule has 0 aromatic carbocycles.